The molecule has 0 spiro atoms. The smallest absolute Gasteiger partial charge is 0.277 e. The van der Waals surface area contributed by atoms with Crippen molar-refractivity contribution in [2.75, 3.05) is 10.7 Å². The predicted molar refractivity (Wildman–Crippen MR) is 74.5 cm³/mol. The Labute approximate surface area is 117 Å². The monoisotopic (exact) mass is 322 g/mol. The molecule has 1 amide bonds. The van der Waals surface area contributed by atoms with Gasteiger partial charge in [0.2, 0.25) is 0 Å². The van der Waals surface area contributed by atoms with Gasteiger partial charge in [0.1, 0.15) is 5.82 Å². The molecular weight excluding hydrogens is 312 g/mol. The van der Waals surface area contributed by atoms with E-state index < -0.39 is 0 Å². The molecule has 0 fully saturated rings. The van der Waals surface area contributed by atoms with Crippen molar-refractivity contribution >= 4 is 33.5 Å². The van der Waals surface area contributed by atoms with Crippen LogP contribution < -0.4 is 16.6 Å². The van der Waals surface area contributed by atoms with Crippen LogP contribution in [0.1, 0.15) is 16.1 Å². The Bertz CT molecular complexity index is 601. The lowest BCUT2D eigenvalue weighted by atomic mass is 10.3. The molecule has 4 N–H and O–H groups in total. The molecule has 2 aromatic heterocycles. The first kappa shape index (κ1) is 13.4. The van der Waals surface area contributed by atoms with Gasteiger partial charge in [-0.15, -0.1) is 10.2 Å². The van der Waals surface area contributed by atoms with Gasteiger partial charge in [-0.3, -0.25) is 4.79 Å². The highest BCUT2D eigenvalue weighted by atomic mass is 79.9. The molecule has 0 saturated carbocycles. The van der Waals surface area contributed by atoms with Crippen LogP contribution >= 0.6 is 15.9 Å². The summed E-state index contributed by atoms with van der Waals surface area (Å²) in [5.41, 5.74) is 3.36. The van der Waals surface area contributed by atoms with Gasteiger partial charge < -0.3 is 10.7 Å². The highest BCUT2D eigenvalue weighted by molar-refractivity contribution is 9.10. The molecule has 0 atom stereocenters. The molecule has 0 radical (unpaired) electrons. The van der Waals surface area contributed by atoms with E-state index in [-0.39, 0.29) is 11.6 Å². The van der Waals surface area contributed by atoms with E-state index in [2.05, 4.69) is 41.9 Å². The average molecular weight is 323 g/mol. The molecular formula is C11H11BrN6O. The van der Waals surface area contributed by atoms with Crippen LogP contribution in [0.3, 0.4) is 0 Å². The van der Waals surface area contributed by atoms with Crippen LogP contribution in [0.15, 0.2) is 28.9 Å². The lowest BCUT2D eigenvalue weighted by molar-refractivity contribution is 0.102. The molecule has 98 valence electrons. The molecule has 0 bridgehead atoms. The Hall–Kier alpha value is -2.06. The van der Waals surface area contributed by atoms with Gasteiger partial charge in [-0.25, -0.2) is 10.8 Å². The van der Waals surface area contributed by atoms with Crippen LogP contribution in [0.5, 0.6) is 0 Å². The fourth-order valence-electron chi connectivity index (χ4n) is 1.37. The third kappa shape index (κ3) is 3.24. The number of nitrogens with zero attached hydrogens (tertiary/aromatic N) is 3. The molecule has 0 aliphatic rings. The van der Waals surface area contributed by atoms with Crippen LogP contribution in [-0.2, 0) is 0 Å². The zero-order chi connectivity index (χ0) is 13.8. The number of aromatic nitrogens is 3. The maximum absolute atomic E-state index is 11.9. The minimum absolute atomic E-state index is 0.183. The summed E-state index contributed by atoms with van der Waals surface area (Å²) in [5, 5.41) is 10.1. The summed E-state index contributed by atoms with van der Waals surface area (Å²) in [4.78, 5) is 16.1. The van der Waals surface area contributed by atoms with Crippen molar-refractivity contribution in [3.63, 3.8) is 0 Å². The van der Waals surface area contributed by atoms with Crippen molar-refractivity contribution < 1.29 is 4.79 Å². The number of rotatable bonds is 3. The van der Waals surface area contributed by atoms with E-state index in [1.165, 1.54) is 6.07 Å². The van der Waals surface area contributed by atoms with E-state index in [1.807, 2.05) is 13.0 Å². The van der Waals surface area contributed by atoms with Crippen LogP contribution in [0, 0.1) is 6.92 Å². The molecule has 2 heterocycles. The van der Waals surface area contributed by atoms with E-state index in [0.29, 0.717) is 11.6 Å². The van der Waals surface area contributed by atoms with E-state index in [1.54, 1.807) is 12.3 Å². The summed E-state index contributed by atoms with van der Waals surface area (Å²) in [5.74, 6) is 5.65. The molecule has 0 saturated heterocycles. The molecule has 0 aliphatic carbocycles. The number of aryl methyl sites for hydroxylation is 1. The number of carbonyl (C=O) groups is 1. The normalized spacial score (nSPS) is 10.1. The summed E-state index contributed by atoms with van der Waals surface area (Å²) in [6.07, 6.45) is 1.61. The number of hydrogen-bond acceptors (Lipinski definition) is 6. The first-order valence-electron chi connectivity index (χ1n) is 5.34. The largest absolute Gasteiger partial charge is 0.307 e. The number of amides is 1. The maximum atomic E-state index is 11.9. The van der Waals surface area contributed by atoms with Crippen molar-refractivity contribution in [2.45, 2.75) is 6.92 Å². The lowest BCUT2D eigenvalue weighted by Gasteiger charge is -2.07. The summed E-state index contributed by atoms with van der Waals surface area (Å²) >= 11 is 3.31. The van der Waals surface area contributed by atoms with Gasteiger partial charge in [0.05, 0.1) is 0 Å². The first-order valence-corrected chi connectivity index (χ1v) is 6.13. The van der Waals surface area contributed by atoms with E-state index in [9.17, 15) is 4.79 Å². The van der Waals surface area contributed by atoms with E-state index in [4.69, 9.17) is 5.84 Å². The van der Waals surface area contributed by atoms with Crippen molar-refractivity contribution in [2.24, 2.45) is 5.84 Å². The fraction of sp³-hybridized carbons (Fsp3) is 0.0909. The molecule has 2 aromatic rings. The molecule has 0 aliphatic heterocycles. The predicted octanol–water partition coefficient (Wildman–Crippen LogP) is 1.48. The number of nitrogen functional groups attached to an aromatic ring is 1. The number of hydrazine groups is 1. The van der Waals surface area contributed by atoms with Gasteiger partial charge in [-0.2, -0.15) is 0 Å². The number of hydrogen-bond donors (Lipinski definition) is 3. The van der Waals surface area contributed by atoms with Crippen LogP contribution in [0.25, 0.3) is 0 Å². The molecule has 0 aromatic carbocycles. The fourth-order valence-corrected chi connectivity index (χ4v) is 1.82. The van der Waals surface area contributed by atoms with Crippen LogP contribution in [-0.4, -0.2) is 21.1 Å². The van der Waals surface area contributed by atoms with Crippen molar-refractivity contribution in [1.29, 1.82) is 0 Å². The van der Waals surface area contributed by atoms with Gasteiger partial charge in [0.15, 0.2) is 11.5 Å². The Kier molecular flexibility index (Phi) is 4.03. The topological polar surface area (TPSA) is 106 Å². The Morgan fingerprint density at radius 2 is 2.16 bits per heavy atom. The molecule has 19 heavy (non-hydrogen) atoms. The number of carbonyl (C=O) groups excluding carboxylic acids is 1. The van der Waals surface area contributed by atoms with Crippen molar-refractivity contribution in [1.82, 2.24) is 15.2 Å². The zero-order valence-electron chi connectivity index (χ0n) is 10.0. The first-order chi connectivity index (χ1) is 9.10. The SMILES string of the molecule is Cc1cc(Br)cnc1NC(=O)c1ccc(NN)nn1. The molecule has 2 rings (SSSR count). The summed E-state index contributed by atoms with van der Waals surface area (Å²) in [7, 11) is 0. The van der Waals surface area contributed by atoms with E-state index >= 15 is 0 Å². The second kappa shape index (κ2) is 5.72. The van der Waals surface area contributed by atoms with Gasteiger partial charge in [0.25, 0.3) is 5.91 Å². The minimum atomic E-state index is -0.381. The summed E-state index contributed by atoms with van der Waals surface area (Å²) in [6, 6.07) is 4.94. The third-order valence-corrected chi connectivity index (χ3v) is 2.76. The standard InChI is InChI=1S/C11H11BrN6O/c1-6-4-7(12)5-14-10(6)15-11(19)8-2-3-9(16-13)18-17-8/h2-5H,13H2,1H3,(H,16,18)(H,14,15,19). The zero-order valence-corrected chi connectivity index (χ0v) is 11.6. The van der Waals surface area contributed by atoms with Gasteiger partial charge in [0, 0.05) is 10.7 Å². The maximum Gasteiger partial charge on any atom is 0.277 e. The average Bonchev–Trinajstić information content (AvgIpc) is 2.42. The quantitative estimate of drug-likeness (QED) is 0.583. The number of pyridine rings is 1. The Morgan fingerprint density at radius 3 is 2.74 bits per heavy atom. The summed E-state index contributed by atoms with van der Waals surface area (Å²) in [6.45, 7) is 1.85. The van der Waals surface area contributed by atoms with Crippen molar-refractivity contribution in [3.8, 4) is 0 Å². The van der Waals surface area contributed by atoms with Gasteiger partial charge in [-0.1, -0.05) is 0 Å². The number of nitrogens with two attached hydrogens (primary N) is 1. The summed E-state index contributed by atoms with van der Waals surface area (Å²) < 4.78 is 0.848. The number of nitrogens with one attached hydrogen (secondary N) is 2. The molecule has 7 nitrogen and oxygen atoms in total. The molecule has 8 heteroatoms. The van der Waals surface area contributed by atoms with Crippen molar-refractivity contribution in [3.05, 3.63) is 40.1 Å². The van der Waals surface area contributed by atoms with Gasteiger partial charge in [-0.05, 0) is 46.6 Å². The van der Waals surface area contributed by atoms with Gasteiger partial charge >= 0.3 is 0 Å². The van der Waals surface area contributed by atoms with E-state index in [0.717, 1.165) is 10.0 Å². The number of anilines is 2. The van der Waals surface area contributed by atoms with Crippen LogP contribution in [0.2, 0.25) is 0 Å². The third-order valence-electron chi connectivity index (χ3n) is 2.32. The minimum Gasteiger partial charge on any atom is -0.307 e. The highest BCUT2D eigenvalue weighted by Gasteiger charge is 2.10. The Balaban J connectivity index is 2.15. The lowest BCUT2D eigenvalue weighted by Crippen LogP contribution is -2.17. The Morgan fingerprint density at radius 1 is 1.37 bits per heavy atom. The second-order valence-electron chi connectivity index (χ2n) is 3.72. The number of halogens is 1. The van der Waals surface area contributed by atoms with Crippen LogP contribution in [0.4, 0.5) is 11.6 Å². The highest BCUT2D eigenvalue weighted by Crippen LogP contribution is 2.17. The second-order valence-corrected chi connectivity index (χ2v) is 4.64. The molecule has 0 unspecified atom stereocenters.